The number of carbonyl (C=O) groups is 2. The molecular formula is C17H27N3O3. The predicted octanol–water partition coefficient (Wildman–Crippen LogP) is 0.897. The van der Waals surface area contributed by atoms with Crippen LogP contribution in [0.4, 0.5) is 4.79 Å². The Morgan fingerprint density at radius 3 is 2.09 bits per heavy atom. The van der Waals surface area contributed by atoms with E-state index >= 15 is 0 Å². The minimum atomic E-state index is -0.330. The van der Waals surface area contributed by atoms with Gasteiger partial charge in [-0.3, -0.25) is 4.79 Å². The molecule has 0 aromatic carbocycles. The lowest BCUT2D eigenvalue weighted by Crippen LogP contribution is -2.48. The van der Waals surface area contributed by atoms with E-state index in [1.807, 2.05) is 14.7 Å². The van der Waals surface area contributed by atoms with Crippen molar-refractivity contribution in [3.05, 3.63) is 0 Å². The van der Waals surface area contributed by atoms with Crippen LogP contribution in [0.25, 0.3) is 0 Å². The normalized spacial score (nSPS) is 30.3. The summed E-state index contributed by atoms with van der Waals surface area (Å²) in [6.07, 6.45) is 5.53. The number of aliphatic hydroxyl groups excluding tert-OH is 1. The molecule has 0 radical (unpaired) electrons. The summed E-state index contributed by atoms with van der Waals surface area (Å²) in [4.78, 5) is 30.8. The van der Waals surface area contributed by atoms with Crippen molar-refractivity contribution in [3.8, 4) is 0 Å². The first-order valence-corrected chi connectivity index (χ1v) is 9.10. The van der Waals surface area contributed by atoms with Crippen molar-refractivity contribution in [2.75, 3.05) is 39.3 Å². The number of carbonyl (C=O) groups excluding carboxylic acids is 2. The molecule has 4 aliphatic rings. The van der Waals surface area contributed by atoms with Crippen LogP contribution in [0.2, 0.25) is 0 Å². The zero-order valence-electron chi connectivity index (χ0n) is 13.7. The number of hydrogen-bond donors (Lipinski definition) is 1. The van der Waals surface area contributed by atoms with Crippen LogP contribution in [0.15, 0.2) is 0 Å². The first-order chi connectivity index (χ1) is 11.1. The number of urea groups is 1. The van der Waals surface area contributed by atoms with Crippen LogP contribution in [0.3, 0.4) is 0 Å². The first-order valence-electron chi connectivity index (χ1n) is 9.10. The Labute approximate surface area is 137 Å². The lowest BCUT2D eigenvalue weighted by atomic mass is 9.95. The van der Waals surface area contributed by atoms with E-state index in [-0.39, 0.29) is 29.4 Å². The van der Waals surface area contributed by atoms with Gasteiger partial charge in [0.15, 0.2) is 0 Å². The predicted molar refractivity (Wildman–Crippen MR) is 84.8 cm³/mol. The molecule has 4 fully saturated rings. The smallest absolute Gasteiger partial charge is 0.319 e. The quantitative estimate of drug-likeness (QED) is 0.780. The molecule has 3 heterocycles. The van der Waals surface area contributed by atoms with Gasteiger partial charge < -0.3 is 19.8 Å². The van der Waals surface area contributed by atoms with E-state index < -0.39 is 0 Å². The minimum absolute atomic E-state index is 0.0266. The van der Waals surface area contributed by atoms with Gasteiger partial charge in [-0.2, -0.15) is 0 Å². The fourth-order valence-electron chi connectivity index (χ4n) is 4.46. The van der Waals surface area contributed by atoms with E-state index in [0.29, 0.717) is 19.6 Å². The third-order valence-electron chi connectivity index (χ3n) is 6.30. The third-order valence-corrected chi connectivity index (χ3v) is 6.30. The van der Waals surface area contributed by atoms with Crippen molar-refractivity contribution >= 4 is 11.9 Å². The molecule has 1 unspecified atom stereocenters. The van der Waals surface area contributed by atoms with Crippen molar-refractivity contribution in [1.29, 1.82) is 0 Å². The van der Waals surface area contributed by atoms with Crippen LogP contribution < -0.4 is 0 Å². The molecule has 4 rings (SSSR count). The Hall–Kier alpha value is -1.30. The zero-order valence-corrected chi connectivity index (χ0v) is 13.7. The number of rotatable bonds is 1. The largest absolute Gasteiger partial charge is 0.391 e. The molecule has 1 atom stereocenters. The second-order valence-corrected chi connectivity index (χ2v) is 7.83. The van der Waals surface area contributed by atoms with Gasteiger partial charge in [-0.05, 0) is 38.5 Å². The summed E-state index contributed by atoms with van der Waals surface area (Å²) in [7, 11) is 0. The van der Waals surface area contributed by atoms with E-state index in [0.717, 1.165) is 58.2 Å². The lowest BCUT2D eigenvalue weighted by molar-refractivity contribution is -0.136. The summed E-state index contributed by atoms with van der Waals surface area (Å²) in [5.74, 6) is 0.222. The van der Waals surface area contributed by atoms with E-state index in [2.05, 4.69) is 0 Å². The highest BCUT2D eigenvalue weighted by Crippen LogP contribution is 2.53. The number of piperidine rings is 1. The maximum absolute atomic E-state index is 12.7. The molecule has 1 saturated carbocycles. The number of β-amino-alcohol motifs (C(OH)–C–C–N with tert-alkyl or cyclic N) is 1. The Morgan fingerprint density at radius 1 is 0.913 bits per heavy atom. The second kappa shape index (κ2) is 5.65. The average molecular weight is 321 g/mol. The van der Waals surface area contributed by atoms with Gasteiger partial charge >= 0.3 is 6.03 Å². The summed E-state index contributed by atoms with van der Waals surface area (Å²) < 4.78 is 0. The maximum atomic E-state index is 12.7. The topological polar surface area (TPSA) is 64.1 Å². The van der Waals surface area contributed by atoms with Gasteiger partial charge in [0.05, 0.1) is 6.10 Å². The van der Waals surface area contributed by atoms with Gasteiger partial charge in [0.2, 0.25) is 5.91 Å². The third kappa shape index (κ3) is 2.71. The molecular weight excluding hydrogens is 294 g/mol. The summed E-state index contributed by atoms with van der Waals surface area (Å²) in [5.41, 5.74) is 0.0298. The molecule has 23 heavy (non-hydrogen) atoms. The average Bonchev–Trinajstić information content (AvgIpc) is 3.02. The molecule has 3 amide bonds. The van der Waals surface area contributed by atoms with Crippen molar-refractivity contribution in [3.63, 3.8) is 0 Å². The molecule has 3 saturated heterocycles. The zero-order chi connectivity index (χ0) is 16.0. The molecule has 1 spiro atoms. The van der Waals surface area contributed by atoms with Crippen LogP contribution in [0.1, 0.15) is 38.5 Å². The molecule has 128 valence electrons. The molecule has 6 nitrogen and oxygen atoms in total. The summed E-state index contributed by atoms with van der Waals surface area (Å²) in [6.45, 7) is 4.38. The monoisotopic (exact) mass is 321 g/mol. The van der Waals surface area contributed by atoms with Crippen molar-refractivity contribution in [2.45, 2.75) is 44.6 Å². The highest BCUT2D eigenvalue weighted by molar-refractivity contribution is 5.80. The molecule has 0 aromatic rings. The molecule has 1 N–H and O–H groups in total. The van der Waals surface area contributed by atoms with Gasteiger partial charge in [-0.15, -0.1) is 0 Å². The van der Waals surface area contributed by atoms with Crippen LogP contribution in [-0.2, 0) is 4.79 Å². The van der Waals surface area contributed by atoms with Crippen LogP contribution in [-0.4, -0.2) is 77.1 Å². The van der Waals surface area contributed by atoms with Gasteiger partial charge in [-0.25, -0.2) is 4.79 Å². The lowest BCUT2D eigenvalue weighted by Gasteiger charge is -2.35. The van der Waals surface area contributed by atoms with Crippen LogP contribution >= 0.6 is 0 Å². The highest BCUT2D eigenvalue weighted by atomic mass is 16.3. The number of hydrogen-bond acceptors (Lipinski definition) is 3. The molecule has 0 aromatic heterocycles. The Balaban J connectivity index is 1.29. The molecule has 0 bridgehead atoms. The van der Waals surface area contributed by atoms with Crippen molar-refractivity contribution < 1.29 is 14.7 Å². The van der Waals surface area contributed by atoms with Gasteiger partial charge in [0, 0.05) is 50.6 Å². The fraction of sp³-hybridized carbons (Fsp3) is 0.882. The van der Waals surface area contributed by atoms with Crippen LogP contribution in [0.5, 0.6) is 0 Å². The molecule has 6 heteroatoms. The summed E-state index contributed by atoms with van der Waals surface area (Å²) in [5, 5.41) is 10.1. The maximum Gasteiger partial charge on any atom is 0.319 e. The summed E-state index contributed by atoms with van der Waals surface area (Å²) >= 11 is 0. The minimum Gasteiger partial charge on any atom is -0.391 e. The Kier molecular flexibility index (Phi) is 3.75. The molecule has 1 aliphatic carbocycles. The number of likely N-dealkylation sites (tertiary alicyclic amines) is 3. The number of nitrogens with zero attached hydrogens (tertiary/aromatic N) is 3. The van der Waals surface area contributed by atoms with Crippen molar-refractivity contribution in [1.82, 2.24) is 14.7 Å². The van der Waals surface area contributed by atoms with Crippen molar-refractivity contribution in [2.24, 2.45) is 11.3 Å². The first kappa shape index (κ1) is 15.2. The standard InChI is InChI=1S/C17H27N3O3/c21-14-11-20(12-17(14)5-6-17)15(22)13-3-9-19(10-4-13)16(23)18-7-1-2-8-18/h13-14,21H,1-12H2. The SMILES string of the molecule is O=C(C1CCN(C(=O)N2CCCC2)CC1)N1CC(O)C2(CC2)C1. The van der Waals surface area contributed by atoms with Gasteiger partial charge in [0.1, 0.15) is 0 Å². The van der Waals surface area contributed by atoms with E-state index in [1.165, 1.54) is 0 Å². The second-order valence-electron chi connectivity index (χ2n) is 7.83. The molecule has 3 aliphatic heterocycles. The van der Waals surface area contributed by atoms with E-state index in [9.17, 15) is 14.7 Å². The Morgan fingerprint density at radius 2 is 1.52 bits per heavy atom. The van der Waals surface area contributed by atoms with E-state index in [4.69, 9.17) is 0 Å². The van der Waals surface area contributed by atoms with E-state index in [1.54, 1.807) is 0 Å². The fourth-order valence-corrected chi connectivity index (χ4v) is 4.46. The number of aliphatic hydroxyl groups is 1. The summed E-state index contributed by atoms with van der Waals surface area (Å²) in [6, 6.07) is 0.155. The van der Waals surface area contributed by atoms with Crippen LogP contribution in [0, 0.1) is 11.3 Å². The Bertz CT molecular complexity index is 491. The number of amides is 3. The van der Waals surface area contributed by atoms with Gasteiger partial charge in [0.25, 0.3) is 0 Å². The van der Waals surface area contributed by atoms with Gasteiger partial charge in [-0.1, -0.05) is 0 Å². The highest BCUT2D eigenvalue weighted by Gasteiger charge is 2.56.